The standard InChI is InChI=1S/C11H19N3O/c1-5-9-12-10(6-11(15)13-9)14(4)7-8(2)3/h6,8H,5,7H2,1-4H3,(H,12,13,15). The number of hydrogen-bond donors (Lipinski definition) is 1. The molecule has 0 bridgehead atoms. The Kier molecular flexibility index (Phi) is 3.88. The van der Waals surface area contributed by atoms with E-state index in [1.807, 2.05) is 18.9 Å². The number of rotatable bonds is 4. The lowest BCUT2D eigenvalue weighted by molar-refractivity contribution is 0.632. The first-order valence-electron chi connectivity index (χ1n) is 5.34. The van der Waals surface area contributed by atoms with Gasteiger partial charge in [-0.2, -0.15) is 0 Å². The highest BCUT2D eigenvalue weighted by atomic mass is 16.1. The lowest BCUT2D eigenvalue weighted by Crippen LogP contribution is -2.26. The van der Waals surface area contributed by atoms with E-state index in [0.29, 0.717) is 5.92 Å². The number of aryl methyl sites for hydroxylation is 1. The Morgan fingerprint density at radius 2 is 2.20 bits per heavy atom. The summed E-state index contributed by atoms with van der Waals surface area (Å²) < 4.78 is 0. The van der Waals surface area contributed by atoms with Crippen LogP contribution < -0.4 is 10.5 Å². The lowest BCUT2D eigenvalue weighted by atomic mass is 10.2. The molecule has 4 heteroatoms. The number of aromatic nitrogens is 2. The quantitative estimate of drug-likeness (QED) is 0.816. The van der Waals surface area contributed by atoms with Gasteiger partial charge in [-0.15, -0.1) is 0 Å². The second-order valence-electron chi connectivity index (χ2n) is 4.18. The van der Waals surface area contributed by atoms with E-state index < -0.39 is 0 Å². The van der Waals surface area contributed by atoms with Gasteiger partial charge in [-0.1, -0.05) is 20.8 Å². The molecule has 0 fully saturated rings. The van der Waals surface area contributed by atoms with Crippen LogP contribution in [0, 0.1) is 5.92 Å². The van der Waals surface area contributed by atoms with Crippen LogP contribution >= 0.6 is 0 Å². The summed E-state index contributed by atoms with van der Waals surface area (Å²) >= 11 is 0. The molecule has 0 aliphatic carbocycles. The van der Waals surface area contributed by atoms with Crippen LogP contribution in [-0.2, 0) is 6.42 Å². The Morgan fingerprint density at radius 1 is 1.53 bits per heavy atom. The summed E-state index contributed by atoms with van der Waals surface area (Å²) in [7, 11) is 1.96. The molecule has 0 unspecified atom stereocenters. The van der Waals surface area contributed by atoms with Crippen molar-refractivity contribution in [2.75, 3.05) is 18.5 Å². The summed E-state index contributed by atoms with van der Waals surface area (Å²) in [6.45, 7) is 7.17. The van der Waals surface area contributed by atoms with Crippen molar-refractivity contribution in [2.24, 2.45) is 5.92 Å². The SMILES string of the molecule is CCc1nc(N(C)CC(C)C)cc(=O)[nH]1. The van der Waals surface area contributed by atoms with Crippen LogP contribution in [0.25, 0.3) is 0 Å². The minimum Gasteiger partial charge on any atom is -0.359 e. The lowest BCUT2D eigenvalue weighted by Gasteiger charge is -2.20. The van der Waals surface area contributed by atoms with Crippen molar-refractivity contribution in [3.63, 3.8) is 0 Å². The van der Waals surface area contributed by atoms with Crippen LogP contribution in [0.4, 0.5) is 5.82 Å². The smallest absolute Gasteiger partial charge is 0.252 e. The molecule has 1 rings (SSSR count). The predicted molar refractivity (Wildman–Crippen MR) is 62.3 cm³/mol. The molecule has 0 aliphatic rings. The number of H-pyrrole nitrogens is 1. The van der Waals surface area contributed by atoms with Gasteiger partial charge in [0.25, 0.3) is 5.56 Å². The van der Waals surface area contributed by atoms with Crippen molar-refractivity contribution in [2.45, 2.75) is 27.2 Å². The number of hydrogen-bond acceptors (Lipinski definition) is 3. The van der Waals surface area contributed by atoms with Gasteiger partial charge in [-0.3, -0.25) is 4.79 Å². The molecule has 84 valence electrons. The van der Waals surface area contributed by atoms with E-state index in [1.54, 1.807) is 6.07 Å². The third kappa shape index (κ3) is 3.38. The molecule has 0 saturated heterocycles. The second kappa shape index (κ2) is 4.96. The summed E-state index contributed by atoms with van der Waals surface area (Å²) in [5, 5.41) is 0. The normalized spacial score (nSPS) is 10.7. The average Bonchev–Trinajstić information content (AvgIpc) is 2.15. The van der Waals surface area contributed by atoms with Crippen LogP contribution in [0.15, 0.2) is 10.9 Å². The van der Waals surface area contributed by atoms with Gasteiger partial charge >= 0.3 is 0 Å². The molecule has 1 aromatic rings. The monoisotopic (exact) mass is 209 g/mol. The Labute approximate surface area is 90.3 Å². The highest BCUT2D eigenvalue weighted by molar-refractivity contribution is 5.36. The summed E-state index contributed by atoms with van der Waals surface area (Å²) in [6, 6.07) is 1.54. The van der Waals surface area contributed by atoms with E-state index in [2.05, 4.69) is 23.8 Å². The maximum atomic E-state index is 11.3. The largest absolute Gasteiger partial charge is 0.359 e. The van der Waals surface area contributed by atoms with E-state index in [-0.39, 0.29) is 5.56 Å². The van der Waals surface area contributed by atoms with Crippen LogP contribution in [0.3, 0.4) is 0 Å². The summed E-state index contributed by atoms with van der Waals surface area (Å²) in [5.74, 6) is 2.05. The van der Waals surface area contributed by atoms with Crippen molar-refractivity contribution < 1.29 is 0 Å². The zero-order chi connectivity index (χ0) is 11.4. The van der Waals surface area contributed by atoms with Crippen LogP contribution in [0.5, 0.6) is 0 Å². The third-order valence-electron chi connectivity index (χ3n) is 2.14. The molecule has 15 heavy (non-hydrogen) atoms. The fourth-order valence-corrected chi connectivity index (χ4v) is 1.50. The van der Waals surface area contributed by atoms with E-state index in [1.165, 1.54) is 0 Å². The average molecular weight is 209 g/mol. The number of anilines is 1. The molecule has 0 aromatic carbocycles. The predicted octanol–water partition coefficient (Wildman–Crippen LogP) is 1.42. The van der Waals surface area contributed by atoms with Crippen LogP contribution in [-0.4, -0.2) is 23.6 Å². The summed E-state index contributed by atoms with van der Waals surface area (Å²) in [4.78, 5) is 20.4. The molecule has 1 heterocycles. The molecule has 0 aliphatic heterocycles. The van der Waals surface area contributed by atoms with Gasteiger partial charge in [0.05, 0.1) is 0 Å². The molecular formula is C11H19N3O. The Morgan fingerprint density at radius 3 is 2.73 bits per heavy atom. The molecule has 0 atom stereocenters. The van der Waals surface area contributed by atoms with E-state index in [4.69, 9.17) is 0 Å². The van der Waals surface area contributed by atoms with Gasteiger partial charge in [-0.25, -0.2) is 4.98 Å². The van der Waals surface area contributed by atoms with Gasteiger partial charge in [0, 0.05) is 26.1 Å². The van der Waals surface area contributed by atoms with Gasteiger partial charge in [0.2, 0.25) is 0 Å². The minimum atomic E-state index is -0.0764. The topological polar surface area (TPSA) is 49.0 Å². The van der Waals surface area contributed by atoms with Gasteiger partial charge in [0.15, 0.2) is 0 Å². The first-order valence-corrected chi connectivity index (χ1v) is 5.34. The molecule has 4 nitrogen and oxygen atoms in total. The highest BCUT2D eigenvalue weighted by Crippen LogP contribution is 2.08. The van der Waals surface area contributed by atoms with E-state index >= 15 is 0 Å². The first-order chi connectivity index (χ1) is 7.02. The van der Waals surface area contributed by atoms with Gasteiger partial charge < -0.3 is 9.88 Å². The molecular weight excluding hydrogens is 190 g/mol. The summed E-state index contributed by atoms with van der Waals surface area (Å²) in [6.07, 6.45) is 0.749. The van der Waals surface area contributed by atoms with Crippen molar-refractivity contribution >= 4 is 5.82 Å². The Bertz CT molecular complexity index is 370. The number of nitrogens with zero attached hydrogens (tertiary/aromatic N) is 2. The fraction of sp³-hybridized carbons (Fsp3) is 0.636. The highest BCUT2D eigenvalue weighted by Gasteiger charge is 2.06. The van der Waals surface area contributed by atoms with Gasteiger partial charge in [-0.05, 0) is 5.92 Å². The number of nitrogens with one attached hydrogen (secondary N) is 1. The van der Waals surface area contributed by atoms with Crippen molar-refractivity contribution in [3.05, 3.63) is 22.2 Å². The fourth-order valence-electron chi connectivity index (χ4n) is 1.50. The Balaban J connectivity index is 2.93. The van der Waals surface area contributed by atoms with E-state index in [0.717, 1.165) is 24.6 Å². The second-order valence-corrected chi connectivity index (χ2v) is 4.18. The van der Waals surface area contributed by atoms with E-state index in [9.17, 15) is 4.79 Å². The van der Waals surface area contributed by atoms with Crippen LogP contribution in [0.1, 0.15) is 26.6 Å². The molecule has 1 aromatic heterocycles. The van der Waals surface area contributed by atoms with Crippen molar-refractivity contribution in [3.8, 4) is 0 Å². The Hall–Kier alpha value is -1.32. The zero-order valence-corrected chi connectivity index (χ0v) is 9.87. The third-order valence-corrected chi connectivity index (χ3v) is 2.14. The van der Waals surface area contributed by atoms with Crippen molar-refractivity contribution in [1.29, 1.82) is 0 Å². The van der Waals surface area contributed by atoms with Crippen LogP contribution in [0.2, 0.25) is 0 Å². The molecule has 0 saturated carbocycles. The first kappa shape index (κ1) is 11.8. The zero-order valence-electron chi connectivity index (χ0n) is 9.87. The molecule has 0 amide bonds. The maximum absolute atomic E-state index is 11.3. The maximum Gasteiger partial charge on any atom is 0.252 e. The van der Waals surface area contributed by atoms with Gasteiger partial charge in [0.1, 0.15) is 11.6 Å². The summed E-state index contributed by atoms with van der Waals surface area (Å²) in [5.41, 5.74) is -0.0764. The molecule has 1 N–H and O–H groups in total. The number of aromatic amines is 1. The molecule has 0 radical (unpaired) electrons. The molecule has 0 spiro atoms. The van der Waals surface area contributed by atoms with Crippen molar-refractivity contribution in [1.82, 2.24) is 9.97 Å². The minimum absolute atomic E-state index is 0.0764.